The second kappa shape index (κ2) is 5.53. The molecule has 1 aliphatic rings. The topological polar surface area (TPSA) is 35.5 Å². The van der Waals surface area contributed by atoms with Crippen LogP contribution in [0.25, 0.3) is 0 Å². The minimum absolute atomic E-state index is 0.268. The van der Waals surface area contributed by atoms with Crippen molar-refractivity contribution in [2.24, 2.45) is 0 Å². The molecule has 17 heavy (non-hydrogen) atoms. The summed E-state index contributed by atoms with van der Waals surface area (Å²) in [7, 11) is 1.41. The Morgan fingerprint density at radius 1 is 1.12 bits per heavy atom. The first-order chi connectivity index (χ1) is 8.31. The van der Waals surface area contributed by atoms with Crippen LogP contribution in [0.1, 0.15) is 25.7 Å². The molecular formula is C14H16O3. The highest BCUT2D eigenvalue weighted by Crippen LogP contribution is 2.27. The van der Waals surface area contributed by atoms with Crippen LogP contribution in [0.4, 0.5) is 0 Å². The molecule has 0 N–H and O–H groups in total. The van der Waals surface area contributed by atoms with Gasteiger partial charge in [-0.15, -0.1) is 0 Å². The van der Waals surface area contributed by atoms with E-state index in [-0.39, 0.29) is 5.97 Å². The van der Waals surface area contributed by atoms with Crippen LogP contribution in [-0.2, 0) is 9.53 Å². The number of carbonyl (C=O) groups is 1. The van der Waals surface area contributed by atoms with E-state index in [9.17, 15) is 4.79 Å². The number of rotatable bonds is 3. The van der Waals surface area contributed by atoms with Gasteiger partial charge in [-0.2, -0.15) is 0 Å². The molecule has 1 aromatic rings. The lowest BCUT2D eigenvalue weighted by Crippen LogP contribution is -2.14. The summed E-state index contributed by atoms with van der Waals surface area (Å²) < 4.78 is 10.6. The lowest BCUT2D eigenvalue weighted by atomic mass is 9.98. The molecule has 0 fully saturated rings. The largest absolute Gasteiger partial charge is 0.466 e. The highest BCUT2D eigenvalue weighted by Gasteiger charge is 2.21. The summed E-state index contributed by atoms with van der Waals surface area (Å²) in [5, 5.41) is 0. The van der Waals surface area contributed by atoms with E-state index in [4.69, 9.17) is 9.47 Å². The molecule has 0 atom stereocenters. The number of carbonyl (C=O) groups excluding carboxylic acids is 1. The van der Waals surface area contributed by atoms with Gasteiger partial charge in [0.05, 0.1) is 12.7 Å². The Labute approximate surface area is 101 Å². The molecule has 0 saturated heterocycles. The van der Waals surface area contributed by atoms with Gasteiger partial charge in [0.25, 0.3) is 0 Å². The summed E-state index contributed by atoms with van der Waals surface area (Å²) in [5.74, 6) is 1.26. The van der Waals surface area contributed by atoms with Crippen LogP contribution in [-0.4, -0.2) is 13.1 Å². The lowest BCUT2D eigenvalue weighted by Gasteiger charge is -2.19. The maximum Gasteiger partial charge on any atom is 0.337 e. The molecule has 0 spiro atoms. The van der Waals surface area contributed by atoms with E-state index in [1.807, 2.05) is 30.3 Å². The highest BCUT2D eigenvalue weighted by atomic mass is 16.5. The Hall–Kier alpha value is -1.77. The van der Waals surface area contributed by atoms with E-state index in [0.717, 1.165) is 37.2 Å². The highest BCUT2D eigenvalue weighted by molar-refractivity contribution is 5.89. The fraction of sp³-hybridized carbons (Fsp3) is 0.357. The van der Waals surface area contributed by atoms with Gasteiger partial charge in [0.15, 0.2) is 0 Å². The predicted molar refractivity (Wildman–Crippen MR) is 64.6 cm³/mol. The zero-order valence-electron chi connectivity index (χ0n) is 9.94. The van der Waals surface area contributed by atoms with Crippen LogP contribution >= 0.6 is 0 Å². The molecule has 0 amide bonds. The molecule has 1 aliphatic carbocycles. The average molecular weight is 232 g/mol. The minimum atomic E-state index is -0.268. The van der Waals surface area contributed by atoms with Gasteiger partial charge in [-0.25, -0.2) is 4.79 Å². The summed E-state index contributed by atoms with van der Waals surface area (Å²) in [6.45, 7) is 0. The van der Waals surface area contributed by atoms with Crippen LogP contribution in [0.2, 0.25) is 0 Å². The Kier molecular flexibility index (Phi) is 3.81. The summed E-state index contributed by atoms with van der Waals surface area (Å²) in [4.78, 5) is 11.6. The first-order valence-corrected chi connectivity index (χ1v) is 5.84. The second-order valence-corrected chi connectivity index (χ2v) is 4.02. The summed E-state index contributed by atoms with van der Waals surface area (Å²) >= 11 is 0. The number of hydrogen-bond acceptors (Lipinski definition) is 3. The van der Waals surface area contributed by atoms with Crippen LogP contribution in [0.15, 0.2) is 41.7 Å². The van der Waals surface area contributed by atoms with E-state index in [0.29, 0.717) is 5.57 Å². The van der Waals surface area contributed by atoms with Crippen molar-refractivity contribution in [3.8, 4) is 5.75 Å². The molecule has 0 unspecified atom stereocenters. The van der Waals surface area contributed by atoms with Crippen LogP contribution in [0, 0.1) is 0 Å². The number of ether oxygens (including phenoxy) is 2. The molecule has 0 saturated carbocycles. The quantitative estimate of drug-likeness (QED) is 0.751. The molecule has 1 aromatic carbocycles. The Balaban J connectivity index is 2.21. The van der Waals surface area contributed by atoms with Gasteiger partial charge in [-0.05, 0) is 31.4 Å². The van der Waals surface area contributed by atoms with E-state index in [1.165, 1.54) is 7.11 Å². The van der Waals surface area contributed by atoms with Crippen molar-refractivity contribution < 1.29 is 14.3 Å². The molecule has 0 aromatic heterocycles. The van der Waals surface area contributed by atoms with Crippen molar-refractivity contribution >= 4 is 5.97 Å². The first-order valence-electron chi connectivity index (χ1n) is 5.84. The number of hydrogen-bond donors (Lipinski definition) is 0. The van der Waals surface area contributed by atoms with Crippen LogP contribution in [0.3, 0.4) is 0 Å². The van der Waals surface area contributed by atoms with Crippen molar-refractivity contribution in [2.45, 2.75) is 25.7 Å². The van der Waals surface area contributed by atoms with Crippen LogP contribution in [0.5, 0.6) is 5.75 Å². The molecule has 2 rings (SSSR count). The van der Waals surface area contributed by atoms with Crippen molar-refractivity contribution in [1.82, 2.24) is 0 Å². The normalized spacial score (nSPS) is 15.6. The second-order valence-electron chi connectivity index (χ2n) is 4.02. The fourth-order valence-electron chi connectivity index (χ4n) is 1.96. The number of benzene rings is 1. The minimum Gasteiger partial charge on any atom is -0.466 e. The Bertz CT molecular complexity index is 420. The molecule has 0 radical (unpaired) electrons. The van der Waals surface area contributed by atoms with Gasteiger partial charge < -0.3 is 9.47 Å². The molecular weight excluding hydrogens is 216 g/mol. The van der Waals surface area contributed by atoms with Crippen molar-refractivity contribution in [3.05, 3.63) is 41.7 Å². The molecule has 90 valence electrons. The number of esters is 1. The predicted octanol–water partition coefficient (Wildman–Crippen LogP) is 3.07. The van der Waals surface area contributed by atoms with Gasteiger partial charge >= 0.3 is 5.97 Å². The number of para-hydroxylation sites is 1. The third-order valence-corrected chi connectivity index (χ3v) is 2.83. The molecule has 3 heteroatoms. The molecule has 0 bridgehead atoms. The van der Waals surface area contributed by atoms with Crippen molar-refractivity contribution in [1.29, 1.82) is 0 Å². The summed E-state index contributed by atoms with van der Waals surface area (Å²) in [6, 6.07) is 9.53. The zero-order chi connectivity index (χ0) is 12.1. The number of methoxy groups -OCH3 is 1. The van der Waals surface area contributed by atoms with Crippen LogP contribution < -0.4 is 4.74 Å². The standard InChI is InChI=1S/C14H16O3/c1-16-14(15)12-9-5-6-10-13(12)17-11-7-3-2-4-8-11/h2-4,7-8H,5-6,9-10H2,1H3. The summed E-state index contributed by atoms with van der Waals surface area (Å²) in [6.07, 6.45) is 3.63. The SMILES string of the molecule is COC(=O)C1=C(Oc2ccccc2)CCCC1. The molecule has 0 aliphatic heterocycles. The Morgan fingerprint density at radius 2 is 1.82 bits per heavy atom. The number of allylic oxidation sites excluding steroid dienone is 1. The van der Waals surface area contributed by atoms with E-state index >= 15 is 0 Å². The maximum absolute atomic E-state index is 11.6. The third-order valence-electron chi connectivity index (χ3n) is 2.83. The Morgan fingerprint density at radius 3 is 2.53 bits per heavy atom. The molecule has 3 nitrogen and oxygen atoms in total. The van der Waals surface area contributed by atoms with Crippen molar-refractivity contribution in [3.63, 3.8) is 0 Å². The van der Waals surface area contributed by atoms with Gasteiger partial charge in [-0.1, -0.05) is 18.2 Å². The fourth-order valence-corrected chi connectivity index (χ4v) is 1.96. The van der Waals surface area contributed by atoms with Gasteiger partial charge in [0, 0.05) is 6.42 Å². The van der Waals surface area contributed by atoms with Gasteiger partial charge in [0.1, 0.15) is 11.5 Å². The van der Waals surface area contributed by atoms with E-state index < -0.39 is 0 Å². The lowest BCUT2D eigenvalue weighted by molar-refractivity contribution is -0.136. The average Bonchev–Trinajstić information content (AvgIpc) is 2.40. The smallest absolute Gasteiger partial charge is 0.337 e. The van der Waals surface area contributed by atoms with Crippen molar-refractivity contribution in [2.75, 3.05) is 7.11 Å². The first kappa shape index (κ1) is 11.7. The maximum atomic E-state index is 11.6. The zero-order valence-corrected chi connectivity index (χ0v) is 9.94. The third kappa shape index (κ3) is 2.87. The van der Waals surface area contributed by atoms with Gasteiger partial charge in [-0.3, -0.25) is 0 Å². The summed E-state index contributed by atoms with van der Waals surface area (Å²) in [5.41, 5.74) is 0.683. The van der Waals surface area contributed by atoms with Gasteiger partial charge in [0.2, 0.25) is 0 Å². The monoisotopic (exact) mass is 232 g/mol. The van der Waals surface area contributed by atoms with E-state index in [1.54, 1.807) is 0 Å². The van der Waals surface area contributed by atoms with E-state index in [2.05, 4.69) is 0 Å². The molecule has 0 heterocycles.